The predicted octanol–water partition coefficient (Wildman–Crippen LogP) is 2.70. The quantitative estimate of drug-likeness (QED) is 0.567. The van der Waals surface area contributed by atoms with Gasteiger partial charge in [0.25, 0.3) is 0 Å². The maximum absolute atomic E-state index is 12.7. The molecule has 8 heteroatoms. The Labute approximate surface area is 185 Å². The Morgan fingerprint density at radius 3 is 2.65 bits per heavy atom. The molecule has 3 rings (SSSR count). The maximum Gasteiger partial charge on any atom is 0.242 e. The number of sulfonamides is 1. The highest BCUT2D eigenvalue weighted by Crippen LogP contribution is 2.26. The molecule has 31 heavy (non-hydrogen) atoms. The molecule has 7 nitrogen and oxygen atoms in total. The summed E-state index contributed by atoms with van der Waals surface area (Å²) in [6.07, 6.45) is -0.0331. The Morgan fingerprint density at radius 2 is 1.97 bits per heavy atom. The van der Waals surface area contributed by atoms with Crippen LogP contribution in [0.5, 0.6) is 0 Å². The molecule has 0 radical (unpaired) electrons. The van der Waals surface area contributed by atoms with Crippen LogP contribution in [0.2, 0.25) is 0 Å². The zero-order valence-corrected chi connectivity index (χ0v) is 19.7. The molecule has 1 aliphatic rings. The average molecular weight is 445 g/mol. The zero-order chi connectivity index (χ0) is 22.6. The van der Waals surface area contributed by atoms with Gasteiger partial charge in [0.1, 0.15) is 6.10 Å². The molecule has 1 aliphatic heterocycles. The van der Waals surface area contributed by atoms with Gasteiger partial charge < -0.3 is 15.0 Å². The molecule has 1 fully saturated rings. The highest BCUT2D eigenvalue weighted by atomic mass is 32.2. The lowest BCUT2D eigenvalue weighted by atomic mass is 10.00. The number of ether oxygens (including phenoxy) is 1. The molecule has 0 spiro atoms. The van der Waals surface area contributed by atoms with Gasteiger partial charge in [0.15, 0.2) is 5.96 Å². The van der Waals surface area contributed by atoms with Gasteiger partial charge in [0, 0.05) is 34.2 Å². The maximum atomic E-state index is 12.7. The van der Waals surface area contributed by atoms with Gasteiger partial charge in [-0.1, -0.05) is 42.0 Å². The summed E-state index contributed by atoms with van der Waals surface area (Å²) in [5, 5.41) is 3.34. The van der Waals surface area contributed by atoms with Gasteiger partial charge >= 0.3 is 0 Å². The van der Waals surface area contributed by atoms with E-state index in [-0.39, 0.29) is 6.10 Å². The van der Waals surface area contributed by atoms with Crippen LogP contribution in [0.1, 0.15) is 28.4 Å². The summed E-state index contributed by atoms with van der Waals surface area (Å²) in [7, 11) is 1.30. The molecule has 2 aromatic carbocycles. The van der Waals surface area contributed by atoms with E-state index in [1.807, 2.05) is 12.1 Å². The lowest BCUT2D eigenvalue weighted by Crippen LogP contribution is -2.48. The van der Waals surface area contributed by atoms with Crippen LogP contribution in [-0.2, 0) is 21.3 Å². The molecule has 1 atom stereocenters. The SMILES string of the molecule is CN=C(NCc1ccccc1S(=O)(=O)N(C)C)N1CCOC(c2ccc(C)cc2C)C1. The topological polar surface area (TPSA) is 74.2 Å². The summed E-state index contributed by atoms with van der Waals surface area (Å²) in [6.45, 7) is 6.57. The normalized spacial score (nSPS) is 17.8. The minimum absolute atomic E-state index is 0.0331. The van der Waals surface area contributed by atoms with E-state index in [0.717, 1.165) is 12.5 Å². The Kier molecular flexibility index (Phi) is 7.35. The number of nitrogens with one attached hydrogen (secondary N) is 1. The van der Waals surface area contributed by atoms with Crippen molar-refractivity contribution in [3.63, 3.8) is 0 Å². The highest BCUT2D eigenvalue weighted by Gasteiger charge is 2.26. The first-order chi connectivity index (χ1) is 14.7. The average Bonchev–Trinajstić information content (AvgIpc) is 2.74. The third-order valence-electron chi connectivity index (χ3n) is 5.52. The summed E-state index contributed by atoms with van der Waals surface area (Å²) in [5.74, 6) is 0.732. The van der Waals surface area contributed by atoms with Gasteiger partial charge in [-0.25, -0.2) is 12.7 Å². The molecule has 1 heterocycles. The van der Waals surface area contributed by atoms with Crippen molar-refractivity contribution in [2.75, 3.05) is 40.8 Å². The van der Waals surface area contributed by atoms with E-state index < -0.39 is 10.0 Å². The molecule has 0 saturated carbocycles. The first-order valence-corrected chi connectivity index (χ1v) is 11.8. The molecule has 0 amide bonds. The lowest BCUT2D eigenvalue weighted by molar-refractivity contribution is -0.00834. The third-order valence-corrected chi connectivity index (χ3v) is 7.43. The van der Waals surface area contributed by atoms with Gasteiger partial charge in [-0.15, -0.1) is 0 Å². The van der Waals surface area contributed by atoms with Crippen molar-refractivity contribution >= 4 is 16.0 Å². The van der Waals surface area contributed by atoms with E-state index in [0.29, 0.717) is 30.2 Å². The number of nitrogens with zero attached hydrogens (tertiary/aromatic N) is 3. The van der Waals surface area contributed by atoms with Gasteiger partial charge in [0.05, 0.1) is 18.0 Å². The Bertz CT molecular complexity index is 1050. The fraction of sp³-hybridized carbons (Fsp3) is 0.435. The standard InChI is InChI=1S/C23H32N4O3S/c1-17-10-11-20(18(2)14-17)21-16-27(12-13-30-21)23(24-3)25-15-19-8-6-7-9-22(19)31(28,29)26(4)5/h6-11,14,21H,12-13,15-16H2,1-5H3,(H,24,25). The molecule has 0 aromatic heterocycles. The zero-order valence-electron chi connectivity index (χ0n) is 18.9. The number of hydrogen-bond acceptors (Lipinski definition) is 4. The van der Waals surface area contributed by atoms with Crippen molar-refractivity contribution in [3.05, 3.63) is 64.7 Å². The van der Waals surface area contributed by atoms with Crippen LogP contribution < -0.4 is 5.32 Å². The van der Waals surface area contributed by atoms with Gasteiger partial charge in [-0.3, -0.25) is 4.99 Å². The highest BCUT2D eigenvalue weighted by molar-refractivity contribution is 7.89. The monoisotopic (exact) mass is 444 g/mol. The molecule has 0 bridgehead atoms. The predicted molar refractivity (Wildman–Crippen MR) is 124 cm³/mol. The second kappa shape index (κ2) is 9.80. The summed E-state index contributed by atoms with van der Waals surface area (Å²) in [4.78, 5) is 6.90. The van der Waals surface area contributed by atoms with Crippen LogP contribution in [0.25, 0.3) is 0 Å². The minimum atomic E-state index is -3.52. The van der Waals surface area contributed by atoms with E-state index in [2.05, 4.69) is 47.3 Å². The summed E-state index contributed by atoms with van der Waals surface area (Å²) in [6, 6.07) is 13.5. The van der Waals surface area contributed by atoms with Crippen LogP contribution in [0.3, 0.4) is 0 Å². The second-order valence-corrected chi connectivity index (χ2v) is 10.1. The number of aryl methyl sites for hydroxylation is 2. The second-order valence-electron chi connectivity index (χ2n) is 7.96. The number of aliphatic imine (C=N–C) groups is 1. The van der Waals surface area contributed by atoms with Gasteiger partial charge in [0.2, 0.25) is 10.0 Å². The number of hydrogen-bond donors (Lipinski definition) is 1. The van der Waals surface area contributed by atoms with E-state index in [4.69, 9.17) is 4.74 Å². The van der Waals surface area contributed by atoms with Crippen molar-refractivity contribution < 1.29 is 13.2 Å². The van der Waals surface area contributed by atoms with Crippen molar-refractivity contribution in [1.82, 2.24) is 14.5 Å². The first-order valence-electron chi connectivity index (χ1n) is 10.4. The number of benzene rings is 2. The molecule has 168 valence electrons. The lowest BCUT2D eigenvalue weighted by Gasteiger charge is -2.36. The van der Waals surface area contributed by atoms with Gasteiger partial charge in [-0.05, 0) is 36.6 Å². The Hall–Kier alpha value is -2.42. The van der Waals surface area contributed by atoms with Crippen LogP contribution in [0.15, 0.2) is 52.4 Å². The van der Waals surface area contributed by atoms with E-state index in [1.54, 1.807) is 33.3 Å². The van der Waals surface area contributed by atoms with Crippen LogP contribution in [-0.4, -0.2) is 64.4 Å². The summed E-state index contributed by atoms with van der Waals surface area (Å²) in [5.41, 5.74) is 4.35. The molecule has 1 saturated heterocycles. The van der Waals surface area contributed by atoms with Gasteiger partial charge in [-0.2, -0.15) is 0 Å². The van der Waals surface area contributed by atoms with E-state index >= 15 is 0 Å². The molecule has 1 N–H and O–H groups in total. The fourth-order valence-electron chi connectivity index (χ4n) is 3.82. The van der Waals surface area contributed by atoms with Crippen LogP contribution in [0, 0.1) is 13.8 Å². The molecule has 1 unspecified atom stereocenters. The largest absolute Gasteiger partial charge is 0.370 e. The number of guanidine groups is 1. The van der Waals surface area contributed by atoms with Crippen molar-refractivity contribution in [2.45, 2.75) is 31.4 Å². The minimum Gasteiger partial charge on any atom is -0.370 e. The summed E-state index contributed by atoms with van der Waals surface area (Å²) >= 11 is 0. The number of rotatable bonds is 5. The Balaban J connectivity index is 1.74. The third kappa shape index (κ3) is 5.26. The van der Waals surface area contributed by atoms with Crippen molar-refractivity contribution in [1.29, 1.82) is 0 Å². The summed E-state index contributed by atoms with van der Waals surface area (Å²) < 4.78 is 32.6. The molecule has 2 aromatic rings. The van der Waals surface area contributed by atoms with E-state index in [1.165, 1.54) is 21.0 Å². The first kappa shape index (κ1) is 23.2. The van der Waals surface area contributed by atoms with Crippen LogP contribution in [0.4, 0.5) is 0 Å². The molecular weight excluding hydrogens is 412 g/mol. The molecule has 0 aliphatic carbocycles. The fourth-order valence-corrected chi connectivity index (χ4v) is 4.94. The number of morpholine rings is 1. The Morgan fingerprint density at radius 1 is 1.23 bits per heavy atom. The van der Waals surface area contributed by atoms with E-state index in [9.17, 15) is 8.42 Å². The van der Waals surface area contributed by atoms with Crippen molar-refractivity contribution in [3.8, 4) is 0 Å². The smallest absolute Gasteiger partial charge is 0.242 e. The van der Waals surface area contributed by atoms with Crippen molar-refractivity contribution in [2.24, 2.45) is 4.99 Å². The molecular formula is C23H32N4O3S. The van der Waals surface area contributed by atoms with Crippen LogP contribution >= 0.6 is 0 Å².